The van der Waals surface area contributed by atoms with Gasteiger partial charge in [0.25, 0.3) is 0 Å². The second kappa shape index (κ2) is 13.4. The summed E-state index contributed by atoms with van der Waals surface area (Å²) in [7, 11) is 0. The summed E-state index contributed by atoms with van der Waals surface area (Å²) in [6.45, 7) is 0. The Balaban J connectivity index is 1.01. The second-order valence-corrected chi connectivity index (χ2v) is 15.3. The molecule has 276 valence electrons. The highest BCUT2D eigenvalue weighted by atomic mass is 16.3. The average molecular weight is 753 g/mol. The Morgan fingerprint density at radius 1 is 0.356 bits per heavy atom. The summed E-state index contributed by atoms with van der Waals surface area (Å²) in [5, 5.41) is 9.74. The predicted molar refractivity (Wildman–Crippen MR) is 249 cm³/mol. The van der Waals surface area contributed by atoms with Crippen LogP contribution in [0.2, 0.25) is 0 Å². The number of furan rings is 1. The van der Waals surface area contributed by atoms with E-state index in [4.69, 9.17) is 4.42 Å². The monoisotopic (exact) mass is 752 g/mol. The zero-order valence-corrected chi connectivity index (χ0v) is 32.1. The summed E-state index contributed by atoms with van der Waals surface area (Å²) < 4.78 is 9.07. The van der Waals surface area contributed by atoms with Crippen molar-refractivity contribution in [3.8, 4) is 27.9 Å². The van der Waals surface area contributed by atoms with E-state index in [9.17, 15) is 0 Å². The lowest BCUT2D eigenvalue weighted by atomic mass is 9.93. The molecule has 0 amide bonds. The minimum absolute atomic E-state index is 0.860. The molecule has 0 unspecified atom stereocenters. The molecule has 0 aliphatic rings. The Bertz CT molecular complexity index is 3500. The number of hydrogen-bond donors (Lipinski definition) is 0. The van der Waals surface area contributed by atoms with Gasteiger partial charge in [-0.15, -0.1) is 0 Å². The van der Waals surface area contributed by atoms with Crippen molar-refractivity contribution in [2.24, 2.45) is 0 Å². The molecule has 0 aliphatic heterocycles. The molecule has 0 radical (unpaired) electrons. The number of fused-ring (bicyclic) bond motifs is 9. The van der Waals surface area contributed by atoms with Crippen molar-refractivity contribution in [2.45, 2.75) is 0 Å². The first-order valence-corrected chi connectivity index (χ1v) is 20.2. The normalized spacial score (nSPS) is 11.7. The maximum atomic E-state index is 6.67. The molecule has 59 heavy (non-hydrogen) atoms. The van der Waals surface area contributed by atoms with E-state index in [2.05, 4.69) is 222 Å². The van der Waals surface area contributed by atoms with Gasteiger partial charge in [-0.3, -0.25) is 0 Å². The number of nitrogens with zero attached hydrogens (tertiary/aromatic N) is 2. The third kappa shape index (κ3) is 5.29. The van der Waals surface area contributed by atoms with Gasteiger partial charge in [-0.25, -0.2) is 0 Å². The number of anilines is 3. The number of rotatable bonds is 6. The van der Waals surface area contributed by atoms with E-state index in [1.54, 1.807) is 0 Å². The van der Waals surface area contributed by atoms with Crippen molar-refractivity contribution in [1.82, 2.24) is 4.57 Å². The van der Waals surface area contributed by atoms with Crippen molar-refractivity contribution in [3.05, 3.63) is 218 Å². The fraction of sp³-hybridized carbons (Fsp3) is 0. The zero-order valence-electron chi connectivity index (χ0n) is 32.1. The smallest absolute Gasteiger partial charge is 0.159 e. The van der Waals surface area contributed by atoms with Crippen LogP contribution in [0, 0.1) is 0 Å². The van der Waals surface area contributed by atoms with E-state index in [0.717, 1.165) is 50.3 Å². The number of benzene rings is 10. The Morgan fingerprint density at radius 2 is 0.881 bits per heavy atom. The first kappa shape index (κ1) is 33.3. The van der Waals surface area contributed by atoms with Crippen LogP contribution in [0.5, 0.6) is 0 Å². The molecular weight excluding hydrogens is 717 g/mol. The molecule has 0 bridgehead atoms. The topological polar surface area (TPSA) is 21.3 Å². The Kier molecular flexibility index (Phi) is 7.54. The summed E-state index contributed by atoms with van der Waals surface area (Å²) >= 11 is 0. The van der Waals surface area contributed by atoms with Crippen LogP contribution in [0.3, 0.4) is 0 Å². The molecule has 2 aromatic heterocycles. The molecule has 0 saturated carbocycles. The van der Waals surface area contributed by atoms with E-state index in [1.807, 2.05) is 6.07 Å². The van der Waals surface area contributed by atoms with E-state index < -0.39 is 0 Å². The lowest BCUT2D eigenvalue weighted by molar-refractivity contribution is 0.669. The number of para-hydroxylation sites is 5. The van der Waals surface area contributed by atoms with Crippen molar-refractivity contribution in [1.29, 1.82) is 0 Å². The molecule has 0 aliphatic carbocycles. The molecule has 10 aromatic carbocycles. The van der Waals surface area contributed by atoms with Crippen LogP contribution in [0.15, 0.2) is 223 Å². The average Bonchev–Trinajstić information content (AvgIpc) is 3.86. The fourth-order valence-corrected chi connectivity index (χ4v) is 9.30. The minimum atomic E-state index is 0.860. The van der Waals surface area contributed by atoms with Gasteiger partial charge < -0.3 is 13.9 Å². The van der Waals surface area contributed by atoms with Gasteiger partial charge in [0.2, 0.25) is 0 Å². The van der Waals surface area contributed by atoms with Crippen LogP contribution in [0.4, 0.5) is 17.1 Å². The Labute approximate surface area is 341 Å². The Hall–Kier alpha value is -7.88. The molecular formula is C56H36N2O. The molecule has 0 atom stereocenters. The first-order chi connectivity index (χ1) is 29.3. The predicted octanol–water partition coefficient (Wildman–Crippen LogP) is 15.8. The van der Waals surface area contributed by atoms with Gasteiger partial charge in [-0.1, -0.05) is 158 Å². The van der Waals surface area contributed by atoms with Crippen LogP contribution in [-0.4, -0.2) is 4.57 Å². The molecule has 12 aromatic rings. The molecule has 0 saturated heterocycles. The fourth-order valence-electron chi connectivity index (χ4n) is 9.30. The first-order valence-electron chi connectivity index (χ1n) is 20.2. The molecule has 0 spiro atoms. The summed E-state index contributed by atoms with van der Waals surface area (Å²) in [6, 6.07) is 78.6. The van der Waals surface area contributed by atoms with Gasteiger partial charge in [0.05, 0.1) is 22.4 Å². The molecule has 12 rings (SSSR count). The lowest BCUT2D eigenvalue weighted by Gasteiger charge is -2.26. The van der Waals surface area contributed by atoms with E-state index in [0.29, 0.717) is 0 Å². The van der Waals surface area contributed by atoms with Crippen LogP contribution in [-0.2, 0) is 0 Å². The van der Waals surface area contributed by atoms with Gasteiger partial charge in [-0.2, -0.15) is 0 Å². The highest BCUT2D eigenvalue weighted by molar-refractivity contribution is 6.14. The quantitative estimate of drug-likeness (QED) is 0.158. The Morgan fingerprint density at radius 3 is 1.59 bits per heavy atom. The third-order valence-electron chi connectivity index (χ3n) is 12.0. The van der Waals surface area contributed by atoms with E-state index >= 15 is 0 Å². The second-order valence-electron chi connectivity index (χ2n) is 15.3. The van der Waals surface area contributed by atoms with Crippen LogP contribution in [0.1, 0.15) is 0 Å². The van der Waals surface area contributed by atoms with Crippen LogP contribution in [0.25, 0.3) is 93.2 Å². The van der Waals surface area contributed by atoms with Crippen molar-refractivity contribution in [2.75, 3.05) is 4.90 Å². The summed E-state index contributed by atoms with van der Waals surface area (Å²) in [4.78, 5) is 2.33. The highest BCUT2D eigenvalue weighted by Crippen LogP contribution is 2.44. The maximum absolute atomic E-state index is 6.67. The van der Waals surface area contributed by atoms with Gasteiger partial charge in [0, 0.05) is 38.5 Å². The standard InChI is InChI=1S/C56H36N2O/c1-2-15-42-39(14-1)36-50(45-18-4-3-17-44(42)45)38-30-34-41(35-31-38)57(54-26-13-22-49-48-21-8-12-27-55(48)59-56(49)54)40-32-28-37(29-33-40)43-16-5-9-23-51(43)58-52-24-10-6-19-46(52)47-20-7-11-25-53(47)58/h1-36H. The van der Waals surface area contributed by atoms with Crippen LogP contribution < -0.4 is 4.90 Å². The van der Waals surface area contributed by atoms with E-state index in [-0.39, 0.29) is 0 Å². The molecule has 0 N–H and O–H groups in total. The van der Waals surface area contributed by atoms with Crippen molar-refractivity contribution in [3.63, 3.8) is 0 Å². The molecule has 3 nitrogen and oxygen atoms in total. The van der Waals surface area contributed by atoms with Gasteiger partial charge in [-0.05, 0) is 98.9 Å². The summed E-state index contributed by atoms with van der Waals surface area (Å²) in [5.41, 5.74) is 13.1. The van der Waals surface area contributed by atoms with Crippen molar-refractivity contribution < 1.29 is 4.42 Å². The maximum Gasteiger partial charge on any atom is 0.159 e. The number of hydrogen-bond acceptors (Lipinski definition) is 2. The third-order valence-corrected chi connectivity index (χ3v) is 12.0. The van der Waals surface area contributed by atoms with Crippen molar-refractivity contribution >= 4 is 82.4 Å². The summed E-state index contributed by atoms with van der Waals surface area (Å²) in [5.74, 6) is 0. The largest absolute Gasteiger partial charge is 0.454 e. The lowest BCUT2D eigenvalue weighted by Crippen LogP contribution is -2.10. The van der Waals surface area contributed by atoms with Gasteiger partial charge in [0.1, 0.15) is 5.58 Å². The number of aromatic nitrogens is 1. The zero-order chi connectivity index (χ0) is 38.9. The SMILES string of the molecule is c1ccc(-n2c3ccccc3c3ccccc32)c(-c2ccc(N(c3ccc(-c4cc5ccccc5c5ccccc45)cc3)c3cccc4c3oc3ccccc34)cc2)c1. The minimum Gasteiger partial charge on any atom is -0.454 e. The van der Waals surface area contributed by atoms with Gasteiger partial charge >= 0.3 is 0 Å². The highest BCUT2D eigenvalue weighted by Gasteiger charge is 2.21. The summed E-state index contributed by atoms with van der Waals surface area (Å²) in [6.07, 6.45) is 0. The van der Waals surface area contributed by atoms with Gasteiger partial charge in [0.15, 0.2) is 5.58 Å². The molecule has 0 fully saturated rings. The van der Waals surface area contributed by atoms with Crippen LogP contribution >= 0.6 is 0 Å². The molecule has 2 heterocycles. The van der Waals surface area contributed by atoms with E-state index in [1.165, 1.54) is 60.0 Å². The molecule has 3 heteroatoms.